The highest BCUT2D eigenvalue weighted by Crippen LogP contribution is 2.25. The maximum absolute atomic E-state index is 8.96. The summed E-state index contributed by atoms with van der Waals surface area (Å²) in [5.41, 5.74) is 7.84. The molecule has 2 aromatic heterocycles. The zero-order valence-corrected chi connectivity index (χ0v) is 8.68. The van der Waals surface area contributed by atoms with Crippen molar-refractivity contribution in [2.24, 2.45) is 0 Å². The summed E-state index contributed by atoms with van der Waals surface area (Å²) < 4.78 is 0. The van der Waals surface area contributed by atoms with Crippen LogP contribution in [-0.4, -0.2) is 15.0 Å². The van der Waals surface area contributed by atoms with E-state index in [0.29, 0.717) is 28.3 Å². The van der Waals surface area contributed by atoms with Crippen molar-refractivity contribution in [3.63, 3.8) is 0 Å². The Kier molecular flexibility index (Phi) is 2.48. The van der Waals surface area contributed by atoms with Gasteiger partial charge in [0, 0.05) is 18.6 Å². The first-order chi connectivity index (χ1) is 7.74. The molecule has 78 valence electrons. The Bertz CT molecular complexity index is 557. The van der Waals surface area contributed by atoms with Gasteiger partial charge in [-0.3, -0.25) is 4.98 Å². The summed E-state index contributed by atoms with van der Waals surface area (Å²) in [6.45, 7) is 1.74. The number of aryl methyl sites for hydroxylation is 1. The standard InChI is InChI=1S/C11H9N5/c1-7-8(5-12)10(13)9(6-16-7)11-14-3-2-4-15-11/h2-4,6H,1H3,(H2,13,16). The van der Waals surface area contributed by atoms with Crippen molar-refractivity contribution in [3.05, 3.63) is 35.9 Å². The lowest BCUT2D eigenvalue weighted by Crippen LogP contribution is -2.01. The van der Waals surface area contributed by atoms with E-state index in [4.69, 9.17) is 11.0 Å². The maximum Gasteiger partial charge on any atom is 0.162 e. The average Bonchev–Trinajstić information content (AvgIpc) is 2.31. The molecule has 0 radical (unpaired) electrons. The number of rotatable bonds is 1. The van der Waals surface area contributed by atoms with Crippen LogP contribution < -0.4 is 5.73 Å². The summed E-state index contributed by atoms with van der Waals surface area (Å²) in [5, 5.41) is 8.96. The highest BCUT2D eigenvalue weighted by Gasteiger charge is 2.12. The van der Waals surface area contributed by atoms with Gasteiger partial charge in [0.05, 0.1) is 22.5 Å². The van der Waals surface area contributed by atoms with Gasteiger partial charge in [0.15, 0.2) is 5.82 Å². The van der Waals surface area contributed by atoms with Gasteiger partial charge >= 0.3 is 0 Å². The Morgan fingerprint density at radius 2 is 1.94 bits per heavy atom. The van der Waals surface area contributed by atoms with Crippen LogP contribution in [0.2, 0.25) is 0 Å². The number of nitrogens with two attached hydrogens (primary N) is 1. The molecular formula is C11H9N5. The summed E-state index contributed by atoms with van der Waals surface area (Å²) in [6.07, 6.45) is 4.82. The number of hydrogen-bond donors (Lipinski definition) is 1. The molecule has 2 rings (SSSR count). The van der Waals surface area contributed by atoms with Crippen LogP contribution in [0, 0.1) is 18.3 Å². The van der Waals surface area contributed by atoms with Gasteiger partial charge in [0.1, 0.15) is 6.07 Å². The van der Waals surface area contributed by atoms with Crippen molar-refractivity contribution >= 4 is 5.69 Å². The van der Waals surface area contributed by atoms with Gasteiger partial charge in [0.25, 0.3) is 0 Å². The van der Waals surface area contributed by atoms with Crippen molar-refractivity contribution in [2.45, 2.75) is 6.92 Å². The minimum absolute atomic E-state index is 0.376. The predicted octanol–water partition coefficient (Wildman–Crippen LogP) is 1.30. The number of hydrogen-bond acceptors (Lipinski definition) is 5. The summed E-state index contributed by atoms with van der Waals surface area (Å²) in [4.78, 5) is 12.3. The van der Waals surface area contributed by atoms with Crippen LogP contribution >= 0.6 is 0 Å². The van der Waals surface area contributed by atoms with E-state index >= 15 is 0 Å². The molecule has 0 saturated heterocycles. The molecule has 0 atom stereocenters. The zero-order valence-electron chi connectivity index (χ0n) is 8.68. The number of anilines is 1. The first kappa shape index (κ1) is 10.1. The van der Waals surface area contributed by atoms with Crippen LogP contribution in [0.3, 0.4) is 0 Å². The molecule has 0 amide bonds. The number of nitriles is 1. The molecule has 16 heavy (non-hydrogen) atoms. The molecule has 0 aliphatic heterocycles. The maximum atomic E-state index is 8.96. The highest BCUT2D eigenvalue weighted by atomic mass is 14.9. The third-order valence-electron chi connectivity index (χ3n) is 2.23. The minimum atomic E-state index is 0.376. The van der Waals surface area contributed by atoms with E-state index in [0.717, 1.165) is 0 Å². The lowest BCUT2D eigenvalue weighted by atomic mass is 10.1. The number of nitrogens with zero attached hydrogens (tertiary/aromatic N) is 4. The molecule has 0 spiro atoms. The normalized spacial score (nSPS) is 9.75. The number of aromatic nitrogens is 3. The van der Waals surface area contributed by atoms with E-state index < -0.39 is 0 Å². The molecule has 0 saturated carbocycles. The second-order valence-electron chi connectivity index (χ2n) is 3.23. The average molecular weight is 211 g/mol. The van der Waals surface area contributed by atoms with Gasteiger partial charge < -0.3 is 5.73 Å². The third kappa shape index (κ3) is 1.57. The molecule has 0 aliphatic carbocycles. The Balaban J connectivity index is 2.65. The second kappa shape index (κ2) is 3.95. The van der Waals surface area contributed by atoms with Gasteiger partial charge in [-0.1, -0.05) is 0 Å². The summed E-state index contributed by atoms with van der Waals surface area (Å²) in [5.74, 6) is 0.476. The van der Waals surface area contributed by atoms with Crippen molar-refractivity contribution in [3.8, 4) is 17.5 Å². The van der Waals surface area contributed by atoms with E-state index in [1.54, 1.807) is 31.6 Å². The van der Waals surface area contributed by atoms with Gasteiger partial charge in [-0.15, -0.1) is 0 Å². The van der Waals surface area contributed by atoms with Crippen molar-refractivity contribution in [2.75, 3.05) is 5.73 Å². The largest absolute Gasteiger partial charge is 0.397 e. The van der Waals surface area contributed by atoms with Crippen LogP contribution in [0.5, 0.6) is 0 Å². The first-order valence-corrected chi connectivity index (χ1v) is 4.66. The van der Waals surface area contributed by atoms with E-state index in [1.165, 1.54) is 0 Å². The molecule has 2 aromatic rings. The molecule has 0 bridgehead atoms. The molecule has 2 heterocycles. The fourth-order valence-corrected chi connectivity index (χ4v) is 1.38. The lowest BCUT2D eigenvalue weighted by Gasteiger charge is -2.06. The fourth-order valence-electron chi connectivity index (χ4n) is 1.38. The molecule has 2 N–H and O–H groups in total. The molecular weight excluding hydrogens is 202 g/mol. The monoisotopic (exact) mass is 211 g/mol. The predicted molar refractivity (Wildman–Crippen MR) is 59.1 cm³/mol. The lowest BCUT2D eigenvalue weighted by molar-refractivity contribution is 1.14. The van der Waals surface area contributed by atoms with Crippen LogP contribution in [0.15, 0.2) is 24.7 Å². The smallest absolute Gasteiger partial charge is 0.162 e. The summed E-state index contributed by atoms with van der Waals surface area (Å²) >= 11 is 0. The van der Waals surface area contributed by atoms with Gasteiger partial charge in [0.2, 0.25) is 0 Å². The van der Waals surface area contributed by atoms with E-state index in [2.05, 4.69) is 15.0 Å². The van der Waals surface area contributed by atoms with Gasteiger partial charge in [-0.2, -0.15) is 5.26 Å². The van der Waals surface area contributed by atoms with Gasteiger partial charge in [-0.25, -0.2) is 9.97 Å². The van der Waals surface area contributed by atoms with Crippen LogP contribution in [0.25, 0.3) is 11.4 Å². The molecule has 0 fully saturated rings. The Labute approximate surface area is 92.6 Å². The Hall–Kier alpha value is -2.48. The van der Waals surface area contributed by atoms with E-state index in [9.17, 15) is 0 Å². The number of nitrogen functional groups attached to an aromatic ring is 1. The Morgan fingerprint density at radius 1 is 1.25 bits per heavy atom. The van der Waals surface area contributed by atoms with E-state index in [-0.39, 0.29) is 0 Å². The summed E-state index contributed by atoms with van der Waals surface area (Å²) in [7, 11) is 0. The van der Waals surface area contributed by atoms with Crippen molar-refractivity contribution in [1.82, 2.24) is 15.0 Å². The SMILES string of the molecule is Cc1ncc(-c2ncccn2)c(N)c1C#N. The first-order valence-electron chi connectivity index (χ1n) is 4.66. The molecule has 5 nitrogen and oxygen atoms in total. The van der Waals surface area contributed by atoms with E-state index in [1.807, 2.05) is 6.07 Å². The third-order valence-corrected chi connectivity index (χ3v) is 2.23. The van der Waals surface area contributed by atoms with Crippen molar-refractivity contribution in [1.29, 1.82) is 5.26 Å². The minimum Gasteiger partial charge on any atom is -0.397 e. The molecule has 0 unspecified atom stereocenters. The zero-order chi connectivity index (χ0) is 11.5. The number of pyridine rings is 1. The quantitative estimate of drug-likeness (QED) is 0.768. The Morgan fingerprint density at radius 3 is 2.56 bits per heavy atom. The fraction of sp³-hybridized carbons (Fsp3) is 0.0909. The highest BCUT2D eigenvalue weighted by molar-refractivity contribution is 5.76. The summed E-state index contributed by atoms with van der Waals surface area (Å²) in [6, 6.07) is 3.75. The van der Waals surface area contributed by atoms with Crippen LogP contribution in [0.1, 0.15) is 11.3 Å². The van der Waals surface area contributed by atoms with Crippen LogP contribution in [-0.2, 0) is 0 Å². The molecule has 0 aliphatic rings. The molecule has 5 heteroatoms. The van der Waals surface area contributed by atoms with Crippen molar-refractivity contribution < 1.29 is 0 Å². The molecule has 0 aromatic carbocycles. The topological polar surface area (TPSA) is 88.5 Å². The second-order valence-corrected chi connectivity index (χ2v) is 3.23. The van der Waals surface area contributed by atoms with Gasteiger partial charge in [-0.05, 0) is 13.0 Å². The van der Waals surface area contributed by atoms with Crippen LogP contribution in [0.4, 0.5) is 5.69 Å².